The summed E-state index contributed by atoms with van der Waals surface area (Å²) in [6, 6.07) is 6.12. The summed E-state index contributed by atoms with van der Waals surface area (Å²) < 4.78 is 33.4. The van der Waals surface area contributed by atoms with E-state index in [4.69, 9.17) is 4.74 Å². The number of rotatable bonds is 6. The van der Waals surface area contributed by atoms with Crippen LogP contribution in [0.1, 0.15) is 37.3 Å². The molecule has 0 unspecified atom stereocenters. The van der Waals surface area contributed by atoms with Crippen LogP contribution in [-0.2, 0) is 11.3 Å². The van der Waals surface area contributed by atoms with Gasteiger partial charge in [0.15, 0.2) is 11.6 Å². The number of nitrogens with one attached hydrogen (secondary N) is 1. The third kappa shape index (κ3) is 4.47. The van der Waals surface area contributed by atoms with E-state index in [0.717, 1.165) is 32.4 Å². The van der Waals surface area contributed by atoms with Crippen molar-refractivity contribution < 1.29 is 18.3 Å². The number of carbonyl (C=O) groups excluding carboxylic acids is 1. The van der Waals surface area contributed by atoms with Crippen LogP contribution in [0.5, 0.6) is 11.6 Å². The van der Waals surface area contributed by atoms with Gasteiger partial charge >= 0.3 is 0 Å². The van der Waals surface area contributed by atoms with E-state index in [0.29, 0.717) is 5.56 Å². The SMILES string of the molecule is CCN1CCCC[C@H]1C(=O)NCc1cccnc1Oc1ccc(C)c(F)c1F. The molecular formula is C21H25F2N3O2. The fourth-order valence-electron chi connectivity index (χ4n) is 3.43. The Balaban J connectivity index is 1.71. The molecule has 150 valence electrons. The van der Waals surface area contributed by atoms with Gasteiger partial charge in [-0.1, -0.05) is 25.5 Å². The van der Waals surface area contributed by atoms with Crippen molar-refractivity contribution in [1.29, 1.82) is 0 Å². The lowest BCUT2D eigenvalue weighted by molar-refractivity contribution is -0.127. The summed E-state index contributed by atoms with van der Waals surface area (Å²) in [5.41, 5.74) is 0.793. The quantitative estimate of drug-likeness (QED) is 0.813. The summed E-state index contributed by atoms with van der Waals surface area (Å²) >= 11 is 0. The molecular weight excluding hydrogens is 364 g/mol. The second kappa shape index (κ2) is 9.10. The number of likely N-dealkylation sites (N-methyl/N-ethyl adjacent to an activating group) is 1. The Bertz CT molecular complexity index is 844. The minimum absolute atomic E-state index is 0.0380. The fourth-order valence-corrected chi connectivity index (χ4v) is 3.43. The van der Waals surface area contributed by atoms with E-state index in [1.807, 2.05) is 6.92 Å². The van der Waals surface area contributed by atoms with Gasteiger partial charge in [-0.2, -0.15) is 4.39 Å². The zero-order valence-corrected chi connectivity index (χ0v) is 16.2. The van der Waals surface area contributed by atoms with E-state index in [-0.39, 0.29) is 35.7 Å². The number of nitrogens with zero attached hydrogens (tertiary/aromatic N) is 2. The average molecular weight is 389 g/mol. The molecule has 2 heterocycles. The number of pyridine rings is 1. The van der Waals surface area contributed by atoms with Crippen LogP contribution < -0.4 is 10.1 Å². The van der Waals surface area contributed by atoms with E-state index in [1.165, 1.54) is 25.3 Å². The maximum absolute atomic E-state index is 14.1. The third-order valence-corrected chi connectivity index (χ3v) is 5.07. The molecule has 0 saturated carbocycles. The number of aromatic nitrogens is 1. The molecule has 1 amide bonds. The lowest BCUT2D eigenvalue weighted by Crippen LogP contribution is -2.49. The van der Waals surface area contributed by atoms with E-state index in [2.05, 4.69) is 15.2 Å². The first kappa shape index (κ1) is 20.2. The highest BCUT2D eigenvalue weighted by Gasteiger charge is 2.27. The number of ether oxygens (including phenoxy) is 1. The molecule has 7 heteroatoms. The maximum atomic E-state index is 14.1. The molecule has 0 aliphatic carbocycles. The van der Waals surface area contributed by atoms with Gasteiger partial charge in [-0.15, -0.1) is 0 Å². The predicted molar refractivity (Wildman–Crippen MR) is 102 cm³/mol. The highest BCUT2D eigenvalue weighted by Crippen LogP contribution is 2.28. The van der Waals surface area contributed by atoms with Crippen molar-refractivity contribution in [3.05, 3.63) is 53.2 Å². The second-order valence-electron chi connectivity index (χ2n) is 6.94. The summed E-state index contributed by atoms with van der Waals surface area (Å²) in [6.07, 6.45) is 4.48. The van der Waals surface area contributed by atoms with Crippen molar-refractivity contribution in [2.75, 3.05) is 13.1 Å². The summed E-state index contributed by atoms with van der Waals surface area (Å²) in [5.74, 6) is -2.13. The van der Waals surface area contributed by atoms with E-state index in [1.54, 1.807) is 12.1 Å². The van der Waals surface area contributed by atoms with E-state index < -0.39 is 11.6 Å². The molecule has 1 atom stereocenters. The Morgan fingerprint density at radius 1 is 1.29 bits per heavy atom. The molecule has 1 fully saturated rings. The van der Waals surface area contributed by atoms with Gasteiger partial charge in [0.1, 0.15) is 0 Å². The van der Waals surface area contributed by atoms with E-state index >= 15 is 0 Å². The maximum Gasteiger partial charge on any atom is 0.237 e. The number of halogens is 2. The van der Waals surface area contributed by atoms with Crippen LogP contribution in [0.25, 0.3) is 0 Å². The molecule has 0 radical (unpaired) electrons. The molecule has 0 spiro atoms. The molecule has 1 aromatic carbocycles. The minimum atomic E-state index is -1.05. The standard InChI is InChI=1S/C21H25F2N3O2/c1-3-26-12-5-4-8-16(26)20(27)25-13-15-7-6-11-24-21(15)28-17-10-9-14(2)18(22)19(17)23/h6-7,9-11,16H,3-5,8,12-13H2,1-2H3,(H,25,27)/t16-/m0/s1. The summed E-state index contributed by atoms with van der Waals surface area (Å²) in [5, 5.41) is 2.93. The van der Waals surface area contributed by atoms with Crippen LogP contribution in [0.2, 0.25) is 0 Å². The lowest BCUT2D eigenvalue weighted by Gasteiger charge is -2.33. The number of carbonyl (C=O) groups is 1. The van der Waals surface area contributed by atoms with Crippen molar-refractivity contribution in [2.45, 2.75) is 45.7 Å². The molecule has 3 rings (SSSR count). The van der Waals surface area contributed by atoms with Gasteiger partial charge in [0, 0.05) is 18.3 Å². The molecule has 1 N–H and O–H groups in total. The first-order chi connectivity index (χ1) is 13.5. The van der Waals surface area contributed by atoms with Crippen LogP contribution in [-0.4, -0.2) is 34.9 Å². The Kier molecular flexibility index (Phi) is 6.57. The number of likely N-dealkylation sites (tertiary alicyclic amines) is 1. The van der Waals surface area contributed by atoms with Crippen LogP contribution in [0, 0.1) is 18.6 Å². The van der Waals surface area contributed by atoms with Crippen molar-refractivity contribution >= 4 is 5.91 Å². The molecule has 5 nitrogen and oxygen atoms in total. The van der Waals surface area contributed by atoms with Gasteiger partial charge in [-0.05, 0) is 50.6 Å². The van der Waals surface area contributed by atoms with Crippen LogP contribution in [0.4, 0.5) is 8.78 Å². The Labute approximate surface area is 163 Å². The minimum Gasteiger partial charge on any atom is -0.435 e. The predicted octanol–water partition coefficient (Wildman–Crippen LogP) is 3.95. The smallest absolute Gasteiger partial charge is 0.237 e. The lowest BCUT2D eigenvalue weighted by atomic mass is 10.0. The monoisotopic (exact) mass is 389 g/mol. The van der Waals surface area contributed by atoms with Crippen LogP contribution >= 0.6 is 0 Å². The van der Waals surface area contributed by atoms with Crippen molar-refractivity contribution in [3.63, 3.8) is 0 Å². The van der Waals surface area contributed by atoms with Crippen LogP contribution in [0.3, 0.4) is 0 Å². The van der Waals surface area contributed by atoms with Gasteiger partial charge < -0.3 is 10.1 Å². The normalized spacial score (nSPS) is 17.4. The second-order valence-corrected chi connectivity index (χ2v) is 6.94. The molecule has 2 aromatic rings. The number of aryl methyl sites for hydroxylation is 1. The number of hydrogen-bond donors (Lipinski definition) is 1. The Morgan fingerprint density at radius 3 is 2.89 bits per heavy atom. The average Bonchev–Trinajstić information content (AvgIpc) is 2.73. The Hall–Kier alpha value is -2.54. The molecule has 1 aliphatic heterocycles. The van der Waals surface area contributed by atoms with Gasteiger partial charge in [-0.25, -0.2) is 9.37 Å². The highest BCUT2D eigenvalue weighted by molar-refractivity contribution is 5.81. The molecule has 1 aliphatic rings. The zero-order chi connectivity index (χ0) is 20.1. The Morgan fingerprint density at radius 2 is 2.11 bits per heavy atom. The van der Waals surface area contributed by atoms with Crippen molar-refractivity contribution in [1.82, 2.24) is 15.2 Å². The van der Waals surface area contributed by atoms with E-state index in [9.17, 15) is 13.6 Å². The number of piperidine rings is 1. The molecule has 1 saturated heterocycles. The first-order valence-corrected chi connectivity index (χ1v) is 9.59. The fraction of sp³-hybridized carbons (Fsp3) is 0.429. The number of amides is 1. The summed E-state index contributed by atoms with van der Waals surface area (Å²) in [7, 11) is 0. The van der Waals surface area contributed by atoms with Gasteiger partial charge in [-0.3, -0.25) is 9.69 Å². The third-order valence-electron chi connectivity index (χ3n) is 5.07. The molecule has 28 heavy (non-hydrogen) atoms. The van der Waals surface area contributed by atoms with Gasteiger partial charge in [0.2, 0.25) is 17.6 Å². The number of benzene rings is 1. The molecule has 1 aromatic heterocycles. The zero-order valence-electron chi connectivity index (χ0n) is 16.2. The topological polar surface area (TPSA) is 54.5 Å². The molecule has 0 bridgehead atoms. The van der Waals surface area contributed by atoms with Crippen molar-refractivity contribution in [3.8, 4) is 11.6 Å². The first-order valence-electron chi connectivity index (χ1n) is 9.59. The van der Waals surface area contributed by atoms with Gasteiger partial charge in [0.05, 0.1) is 6.04 Å². The number of hydrogen-bond acceptors (Lipinski definition) is 4. The largest absolute Gasteiger partial charge is 0.435 e. The highest BCUT2D eigenvalue weighted by atomic mass is 19.2. The summed E-state index contributed by atoms with van der Waals surface area (Å²) in [4.78, 5) is 18.9. The van der Waals surface area contributed by atoms with Crippen molar-refractivity contribution in [2.24, 2.45) is 0 Å². The summed E-state index contributed by atoms with van der Waals surface area (Å²) in [6.45, 7) is 5.49. The van der Waals surface area contributed by atoms with Crippen LogP contribution in [0.15, 0.2) is 30.5 Å². The van der Waals surface area contributed by atoms with Gasteiger partial charge in [0.25, 0.3) is 0 Å².